The van der Waals surface area contributed by atoms with Crippen LogP contribution < -0.4 is 5.73 Å². The zero-order valence-corrected chi connectivity index (χ0v) is 34.1. The van der Waals surface area contributed by atoms with Gasteiger partial charge in [0.25, 0.3) is 0 Å². The van der Waals surface area contributed by atoms with Gasteiger partial charge in [0.2, 0.25) is 0 Å². The number of ether oxygens (including phenoxy) is 2. The van der Waals surface area contributed by atoms with Crippen LogP contribution in [0.2, 0.25) is 0 Å². The number of hydrogen-bond acceptors (Lipinski definition) is 8. The van der Waals surface area contributed by atoms with Gasteiger partial charge in [0.05, 0.1) is 13.2 Å². The number of rotatable bonds is 37. The second kappa shape index (κ2) is 39.2. The van der Waals surface area contributed by atoms with Crippen molar-refractivity contribution in [3.05, 3.63) is 72.9 Å². The average Bonchev–Trinajstić information content (AvgIpc) is 3.14. The summed E-state index contributed by atoms with van der Waals surface area (Å²) in [5, 5.41) is 0. The molecule has 0 bridgehead atoms. The van der Waals surface area contributed by atoms with Gasteiger partial charge in [-0.1, -0.05) is 164 Å². The van der Waals surface area contributed by atoms with Gasteiger partial charge in [0, 0.05) is 19.4 Å². The Labute approximate surface area is 322 Å². The van der Waals surface area contributed by atoms with Crippen LogP contribution >= 0.6 is 7.82 Å². The van der Waals surface area contributed by atoms with Crippen LogP contribution in [-0.4, -0.2) is 49.3 Å². The molecule has 0 saturated carbocycles. The second-order valence-electron chi connectivity index (χ2n) is 13.2. The van der Waals surface area contributed by atoms with E-state index in [9.17, 15) is 19.0 Å². The summed E-state index contributed by atoms with van der Waals surface area (Å²) in [7, 11) is -4.40. The molecule has 0 aliphatic rings. The van der Waals surface area contributed by atoms with Crippen molar-refractivity contribution in [2.45, 2.75) is 161 Å². The van der Waals surface area contributed by atoms with E-state index < -0.39 is 32.5 Å². The van der Waals surface area contributed by atoms with Crippen molar-refractivity contribution in [1.29, 1.82) is 0 Å². The van der Waals surface area contributed by atoms with Gasteiger partial charge in [-0.05, 0) is 51.4 Å². The van der Waals surface area contributed by atoms with E-state index in [1.807, 2.05) is 54.7 Å². The van der Waals surface area contributed by atoms with Crippen LogP contribution in [0.1, 0.15) is 155 Å². The summed E-state index contributed by atoms with van der Waals surface area (Å²) in [5.41, 5.74) is 5.33. The third-order valence-corrected chi connectivity index (χ3v) is 9.19. The number of phosphoric acid groups is 1. The maximum absolute atomic E-state index is 12.5. The van der Waals surface area contributed by atoms with Gasteiger partial charge in [0.15, 0.2) is 6.10 Å². The third-order valence-electron chi connectivity index (χ3n) is 8.20. The molecule has 0 amide bonds. The topological polar surface area (TPSA) is 134 Å². The molecule has 0 fully saturated rings. The Bertz CT molecular complexity index is 1100. The zero-order valence-electron chi connectivity index (χ0n) is 33.2. The molecule has 0 aromatic heterocycles. The predicted octanol–water partition coefficient (Wildman–Crippen LogP) is 11.5. The lowest BCUT2D eigenvalue weighted by Crippen LogP contribution is -2.29. The number of unbranched alkanes of at least 4 members (excludes halogenated alkanes) is 16. The fourth-order valence-corrected chi connectivity index (χ4v) is 5.95. The molecule has 0 heterocycles. The van der Waals surface area contributed by atoms with Crippen molar-refractivity contribution in [2.24, 2.45) is 5.73 Å². The van der Waals surface area contributed by atoms with E-state index in [1.165, 1.54) is 77.0 Å². The Morgan fingerprint density at radius 1 is 0.585 bits per heavy atom. The molecular weight excluding hydrogens is 689 g/mol. The highest BCUT2D eigenvalue weighted by atomic mass is 31.2. The Morgan fingerprint density at radius 3 is 1.64 bits per heavy atom. The van der Waals surface area contributed by atoms with Crippen molar-refractivity contribution < 1.29 is 37.6 Å². The maximum atomic E-state index is 12.5. The molecule has 2 unspecified atom stereocenters. The van der Waals surface area contributed by atoms with Crippen molar-refractivity contribution in [1.82, 2.24) is 0 Å². The van der Waals surface area contributed by atoms with Crippen LogP contribution in [0.3, 0.4) is 0 Å². The summed E-state index contributed by atoms with van der Waals surface area (Å²) in [4.78, 5) is 34.7. The van der Waals surface area contributed by atoms with E-state index >= 15 is 0 Å². The first-order chi connectivity index (χ1) is 25.8. The van der Waals surface area contributed by atoms with Crippen LogP contribution in [0.15, 0.2) is 72.9 Å². The minimum atomic E-state index is -4.40. The molecule has 0 aromatic rings. The first kappa shape index (κ1) is 50.5. The number of esters is 2. The standard InChI is InChI=1S/C43H74NO8P/c1-3-5-7-9-11-13-15-17-18-19-20-21-22-24-25-27-29-31-33-35-42(45)49-39-41(40-51-53(47,48)50-38-37-44)52-43(46)36-34-32-30-28-26-23-16-14-12-10-8-6-4-2/h6,8,10,12,14,16,19-20,23,26,28,30,41H,3-5,7,9,11,13,15,17-18,21-22,24-25,27,29,31-40,44H2,1-2H3,(H,47,48)/b8-6+,12-10+,16-14+,20-19+,26-23+,30-28+. The smallest absolute Gasteiger partial charge is 0.462 e. The minimum Gasteiger partial charge on any atom is -0.462 e. The van der Waals surface area contributed by atoms with Crippen molar-refractivity contribution in [3.63, 3.8) is 0 Å². The van der Waals surface area contributed by atoms with Gasteiger partial charge >= 0.3 is 19.8 Å². The molecule has 0 spiro atoms. The number of hydrogen-bond donors (Lipinski definition) is 2. The van der Waals surface area contributed by atoms with Crippen molar-refractivity contribution in [2.75, 3.05) is 26.4 Å². The Balaban J connectivity index is 4.25. The van der Waals surface area contributed by atoms with E-state index in [0.717, 1.165) is 32.1 Å². The van der Waals surface area contributed by atoms with Crippen LogP contribution in [0.25, 0.3) is 0 Å². The minimum absolute atomic E-state index is 0.0379. The van der Waals surface area contributed by atoms with Crippen LogP contribution in [-0.2, 0) is 32.7 Å². The quantitative estimate of drug-likeness (QED) is 0.0208. The summed E-state index contributed by atoms with van der Waals surface area (Å²) < 4.78 is 32.6. The molecule has 0 aliphatic heterocycles. The Hall–Kier alpha value is -2.55. The first-order valence-electron chi connectivity index (χ1n) is 20.5. The molecular formula is C43H74NO8P. The fraction of sp³-hybridized carbons (Fsp3) is 0.674. The fourth-order valence-electron chi connectivity index (χ4n) is 5.19. The zero-order chi connectivity index (χ0) is 38.9. The van der Waals surface area contributed by atoms with Gasteiger partial charge in [-0.25, -0.2) is 4.57 Å². The second-order valence-corrected chi connectivity index (χ2v) is 14.7. The molecule has 0 aromatic carbocycles. The highest BCUT2D eigenvalue weighted by Gasteiger charge is 2.25. The summed E-state index contributed by atoms with van der Waals surface area (Å²) in [6.45, 7) is 3.48. The van der Waals surface area contributed by atoms with E-state index in [-0.39, 0.29) is 32.6 Å². The molecule has 3 N–H and O–H groups in total. The number of carbonyl (C=O) groups is 2. The van der Waals surface area contributed by atoms with Gasteiger partial charge in [-0.15, -0.1) is 0 Å². The highest BCUT2D eigenvalue weighted by Crippen LogP contribution is 2.43. The number of phosphoric ester groups is 1. The third kappa shape index (κ3) is 39.0. The summed E-state index contributed by atoms with van der Waals surface area (Å²) in [5.74, 6) is -0.926. The van der Waals surface area contributed by atoms with Crippen LogP contribution in [0, 0.1) is 0 Å². The number of allylic oxidation sites excluding steroid dienone is 12. The van der Waals surface area contributed by atoms with Gasteiger partial charge in [-0.3, -0.25) is 18.6 Å². The molecule has 0 aliphatic carbocycles. The molecule has 9 nitrogen and oxygen atoms in total. The Morgan fingerprint density at radius 2 is 1.08 bits per heavy atom. The molecule has 53 heavy (non-hydrogen) atoms. The molecule has 304 valence electrons. The molecule has 0 radical (unpaired) electrons. The monoisotopic (exact) mass is 764 g/mol. The lowest BCUT2D eigenvalue weighted by atomic mass is 10.1. The molecule has 10 heteroatoms. The Kier molecular flexibility index (Phi) is 37.3. The van der Waals surface area contributed by atoms with E-state index in [0.29, 0.717) is 19.3 Å². The predicted molar refractivity (Wildman–Crippen MR) is 219 cm³/mol. The van der Waals surface area contributed by atoms with Gasteiger partial charge in [-0.2, -0.15) is 0 Å². The average molecular weight is 764 g/mol. The highest BCUT2D eigenvalue weighted by molar-refractivity contribution is 7.47. The lowest BCUT2D eigenvalue weighted by Gasteiger charge is -2.19. The summed E-state index contributed by atoms with van der Waals surface area (Å²) in [6, 6.07) is 0. The molecule has 0 saturated heterocycles. The summed E-state index contributed by atoms with van der Waals surface area (Å²) >= 11 is 0. The molecule has 2 atom stereocenters. The number of nitrogens with two attached hydrogens (primary N) is 1. The van der Waals surface area contributed by atoms with Crippen molar-refractivity contribution in [3.8, 4) is 0 Å². The van der Waals surface area contributed by atoms with Crippen LogP contribution in [0.5, 0.6) is 0 Å². The lowest BCUT2D eigenvalue weighted by molar-refractivity contribution is -0.161. The van der Waals surface area contributed by atoms with Crippen molar-refractivity contribution >= 4 is 19.8 Å². The SMILES string of the molecule is CC/C=C/C=C/C=C/C=C/C=C/CCCC(=O)OC(COC(=O)CCCCCCCCC/C=C/CCCCCCCCCC)COP(=O)(O)OCCN. The van der Waals surface area contributed by atoms with Gasteiger partial charge < -0.3 is 20.1 Å². The normalized spacial score (nSPS) is 14.1. The van der Waals surface area contributed by atoms with E-state index in [1.54, 1.807) is 0 Å². The largest absolute Gasteiger partial charge is 0.472 e. The van der Waals surface area contributed by atoms with Gasteiger partial charge in [0.1, 0.15) is 6.61 Å². The van der Waals surface area contributed by atoms with Crippen LogP contribution in [0.4, 0.5) is 0 Å². The summed E-state index contributed by atoms with van der Waals surface area (Å²) in [6.07, 6.45) is 46.7. The van der Waals surface area contributed by atoms with E-state index in [4.69, 9.17) is 24.3 Å². The molecule has 0 rings (SSSR count). The first-order valence-corrected chi connectivity index (χ1v) is 22.0. The van der Waals surface area contributed by atoms with E-state index in [2.05, 4.69) is 32.1 Å². The number of carbonyl (C=O) groups excluding carboxylic acids is 2. The maximum Gasteiger partial charge on any atom is 0.472 e.